The molecule has 1 N–H and O–H groups in total. The van der Waals surface area contributed by atoms with Gasteiger partial charge < -0.3 is 14.8 Å². The largest absolute Gasteiger partial charge is 0.494 e. The van der Waals surface area contributed by atoms with E-state index in [1.165, 1.54) is 11.1 Å². The molecule has 0 heterocycles. The minimum absolute atomic E-state index is 0.0457. The lowest BCUT2D eigenvalue weighted by Crippen LogP contribution is -2.29. The molecule has 2 rings (SSSR count). The zero-order chi connectivity index (χ0) is 18.8. The molecule has 0 saturated carbocycles. The van der Waals surface area contributed by atoms with E-state index in [4.69, 9.17) is 9.47 Å². The molecule has 0 aromatic heterocycles. The van der Waals surface area contributed by atoms with Crippen LogP contribution in [0.2, 0.25) is 0 Å². The van der Waals surface area contributed by atoms with Crippen molar-refractivity contribution in [2.45, 2.75) is 39.5 Å². The molecule has 0 unspecified atom stereocenters. The first kappa shape index (κ1) is 19.8. The van der Waals surface area contributed by atoms with Gasteiger partial charge in [-0.05, 0) is 61.1 Å². The van der Waals surface area contributed by atoms with Gasteiger partial charge in [0.25, 0.3) is 5.91 Å². The molecule has 4 heteroatoms. The van der Waals surface area contributed by atoms with Crippen LogP contribution in [0.5, 0.6) is 11.5 Å². The van der Waals surface area contributed by atoms with Crippen molar-refractivity contribution >= 4 is 5.91 Å². The van der Waals surface area contributed by atoms with Gasteiger partial charge in [0.1, 0.15) is 11.5 Å². The van der Waals surface area contributed by atoms with E-state index in [0.717, 1.165) is 24.3 Å². The predicted molar refractivity (Wildman–Crippen MR) is 105 cm³/mol. The molecule has 26 heavy (non-hydrogen) atoms. The Morgan fingerprint density at radius 3 is 2.19 bits per heavy atom. The molecule has 2 aromatic rings. The van der Waals surface area contributed by atoms with Crippen LogP contribution in [-0.4, -0.2) is 25.7 Å². The number of aryl methyl sites for hydroxylation is 1. The van der Waals surface area contributed by atoms with Crippen molar-refractivity contribution in [2.75, 3.05) is 19.8 Å². The average Bonchev–Trinajstić information content (AvgIpc) is 2.65. The maximum absolute atomic E-state index is 11.9. The molecule has 1 amide bonds. The first-order chi connectivity index (χ1) is 12.6. The van der Waals surface area contributed by atoms with Crippen molar-refractivity contribution in [1.82, 2.24) is 5.32 Å². The molecule has 0 aliphatic heterocycles. The zero-order valence-corrected chi connectivity index (χ0v) is 16.0. The fourth-order valence-electron chi connectivity index (χ4n) is 2.59. The SMILES string of the molecule is CCOc1ccc(CCCNC(=O)COc2ccc(C(C)C)cc2)cc1. The number of carbonyl (C=O) groups is 1. The number of carbonyl (C=O) groups excluding carboxylic acids is 1. The average molecular weight is 355 g/mol. The summed E-state index contributed by atoms with van der Waals surface area (Å²) < 4.78 is 11.0. The molecule has 0 bridgehead atoms. The van der Waals surface area contributed by atoms with Gasteiger partial charge in [-0.3, -0.25) is 4.79 Å². The number of hydrogen-bond acceptors (Lipinski definition) is 3. The van der Waals surface area contributed by atoms with Crippen molar-refractivity contribution in [2.24, 2.45) is 0 Å². The Morgan fingerprint density at radius 2 is 1.58 bits per heavy atom. The number of rotatable bonds is 10. The van der Waals surface area contributed by atoms with Gasteiger partial charge in [-0.15, -0.1) is 0 Å². The summed E-state index contributed by atoms with van der Waals surface area (Å²) in [5, 5.41) is 2.90. The van der Waals surface area contributed by atoms with Gasteiger partial charge in [0, 0.05) is 6.54 Å². The van der Waals surface area contributed by atoms with E-state index < -0.39 is 0 Å². The van der Waals surface area contributed by atoms with Crippen LogP contribution in [0.25, 0.3) is 0 Å². The van der Waals surface area contributed by atoms with Crippen molar-refractivity contribution < 1.29 is 14.3 Å². The van der Waals surface area contributed by atoms with E-state index in [9.17, 15) is 4.79 Å². The van der Waals surface area contributed by atoms with E-state index in [0.29, 0.717) is 19.1 Å². The van der Waals surface area contributed by atoms with Gasteiger partial charge in [0.05, 0.1) is 6.61 Å². The number of nitrogens with one attached hydrogen (secondary N) is 1. The molecule has 0 atom stereocenters. The Balaban J connectivity index is 1.62. The number of benzene rings is 2. The normalized spacial score (nSPS) is 10.6. The highest BCUT2D eigenvalue weighted by Crippen LogP contribution is 2.18. The maximum atomic E-state index is 11.9. The summed E-state index contributed by atoms with van der Waals surface area (Å²) in [6.45, 7) is 7.63. The van der Waals surface area contributed by atoms with Gasteiger partial charge in [0.2, 0.25) is 0 Å². The number of ether oxygens (including phenoxy) is 2. The smallest absolute Gasteiger partial charge is 0.257 e. The number of hydrogen-bond donors (Lipinski definition) is 1. The van der Waals surface area contributed by atoms with Gasteiger partial charge in [-0.25, -0.2) is 0 Å². The first-order valence-electron chi connectivity index (χ1n) is 9.29. The van der Waals surface area contributed by atoms with Crippen LogP contribution in [0, 0.1) is 0 Å². The van der Waals surface area contributed by atoms with Gasteiger partial charge in [0.15, 0.2) is 6.61 Å². The lowest BCUT2D eigenvalue weighted by Gasteiger charge is -2.09. The van der Waals surface area contributed by atoms with E-state index >= 15 is 0 Å². The molecular weight excluding hydrogens is 326 g/mol. The third kappa shape index (κ3) is 6.79. The Hall–Kier alpha value is -2.49. The van der Waals surface area contributed by atoms with E-state index in [2.05, 4.69) is 31.3 Å². The summed E-state index contributed by atoms with van der Waals surface area (Å²) in [5.41, 5.74) is 2.50. The van der Waals surface area contributed by atoms with Gasteiger partial charge in [-0.1, -0.05) is 38.1 Å². The van der Waals surface area contributed by atoms with Crippen LogP contribution < -0.4 is 14.8 Å². The highest BCUT2D eigenvalue weighted by molar-refractivity contribution is 5.77. The minimum atomic E-state index is -0.0929. The second-order valence-corrected chi connectivity index (χ2v) is 6.54. The second-order valence-electron chi connectivity index (χ2n) is 6.54. The lowest BCUT2D eigenvalue weighted by molar-refractivity contribution is -0.123. The van der Waals surface area contributed by atoms with Gasteiger partial charge in [-0.2, -0.15) is 0 Å². The third-order valence-corrected chi connectivity index (χ3v) is 4.12. The summed E-state index contributed by atoms with van der Waals surface area (Å²) in [5.74, 6) is 2.01. The molecule has 0 radical (unpaired) electrons. The molecule has 0 fully saturated rings. The number of amides is 1. The fraction of sp³-hybridized carbons (Fsp3) is 0.409. The highest BCUT2D eigenvalue weighted by atomic mass is 16.5. The van der Waals surface area contributed by atoms with Crippen LogP contribution in [-0.2, 0) is 11.2 Å². The summed E-state index contributed by atoms with van der Waals surface area (Å²) in [6.07, 6.45) is 1.81. The van der Waals surface area contributed by atoms with Crippen LogP contribution in [0.15, 0.2) is 48.5 Å². The molecule has 2 aromatic carbocycles. The predicted octanol–water partition coefficient (Wildman–Crippen LogP) is 4.34. The molecule has 0 aliphatic rings. The zero-order valence-electron chi connectivity index (χ0n) is 16.0. The lowest BCUT2D eigenvalue weighted by atomic mass is 10.0. The summed E-state index contributed by atoms with van der Waals surface area (Å²) in [4.78, 5) is 11.9. The van der Waals surface area contributed by atoms with E-state index in [-0.39, 0.29) is 12.5 Å². The molecule has 0 spiro atoms. The third-order valence-electron chi connectivity index (χ3n) is 4.12. The van der Waals surface area contributed by atoms with Crippen LogP contribution in [0.4, 0.5) is 0 Å². The van der Waals surface area contributed by atoms with Crippen LogP contribution in [0.3, 0.4) is 0 Å². The van der Waals surface area contributed by atoms with E-state index in [1.54, 1.807) is 0 Å². The Bertz CT molecular complexity index is 663. The van der Waals surface area contributed by atoms with Crippen LogP contribution in [0.1, 0.15) is 44.2 Å². The Morgan fingerprint density at radius 1 is 0.962 bits per heavy atom. The minimum Gasteiger partial charge on any atom is -0.494 e. The summed E-state index contributed by atoms with van der Waals surface area (Å²) >= 11 is 0. The standard InChI is InChI=1S/C22H29NO3/c1-4-25-20-11-7-18(8-12-20)6-5-15-23-22(24)16-26-21-13-9-19(10-14-21)17(2)3/h7-14,17H,4-6,15-16H2,1-3H3,(H,23,24). The molecule has 0 aliphatic carbocycles. The van der Waals surface area contributed by atoms with Crippen molar-refractivity contribution in [3.05, 3.63) is 59.7 Å². The highest BCUT2D eigenvalue weighted by Gasteiger charge is 2.04. The van der Waals surface area contributed by atoms with E-state index in [1.807, 2.05) is 43.3 Å². The van der Waals surface area contributed by atoms with Crippen molar-refractivity contribution in [3.8, 4) is 11.5 Å². The van der Waals surface area contributed by atoms with Crippen molar-refractivity contribution in [1.29, 1.82) is 0 Å². The first-order valence-corrected chi connectivity index (χ1v) is 9.29. The summed E-state index contributed by atoms with van der Waals surface area (Å²) in [7, 11) is 0. The second kappa shape index (κ2) is 10.5. The molecule has 0 saturated heterocycles. The fourth-order valence-corrected chi connectivity index (χ4v) is 2.59. The quantitative estimate of drug-likeness (QED) is 0.645. The molecule has 4 nitrogen and oxygen atoms in total. The monoisotopic (exact) mass is 355 g/mol. The maximum Gasteiger partial charge on any atom is 0.257 e. The van der Waals surface area contributed by atoms with Crippen LogP contribution >= 0.6 is 0 Å². The summed E-state index contributed by atoms with van der Waals surface area (Å²) in [6, 6.07) is 16.0. The topological polar surface area (TPSA) is 47.6 Å². The molecule has 140 valence electrons. The molecular formula is C22H29NO3. The van der Waals surface area contributed by atoms with Crippen molar-refractivity contribution in [3.63, 3.8) is 0 Å². The Labute approximate surface area is 156 Å². The Kier molecular flexibility index (Phi) is 8.00. The van der Waals surface area contributed by atoms with Gasteiger partial charge >= 0.3 is 0 Å².